The molecule has 0 bridgehead atoms. The number of carbonyl (C=O) groups is 1. The Bertz CT molecular complexity index is 205. The zero-order valence-electron chi connectivity index (χ0n) is 8.26. The van der Waals surface area contributed by atoms with Crippen molar-refractivity contribution in [3.8, 4) is 0 Å². The van der Waals surface area contributed by atoms with Crippen molar-refractivity contribution in [3.63, 3.8) is 0 Å². The summed E-state index contributed by atoms with van der Waals surface area (Å²) in [6.07, 6.45) is 1.86. The summed E-state index contributed by atoms with van der Waals surface area (Å²) < 4.78 is 0. The number of Topliss-reactive ketones (excluding diaryl/α,β-unsaturated/α-hetero) is 1. The lowest BCUT2D eigenvalue weighted by molar-refractivity contribution is -0.126. The molecule has 0 amide bonds. The lowest BCUT2D eigenvalue weighted by atomic mass is 9.73. The number of allylic oxidation sites excluding steroid dienone is 1. The molecule has 3 atom stereocenters. The van der Waals surface area contributed by atoms with Gasteiger partial charge in [-0.15, -0.1) is 0 Å². The van der Waals surface area contributed by atoms with E-state index in [0.29, 0.717) is 17.6 Å². The van der Waals surface area contributed by atoms with Gasteiger partial charge in [-0.25, -0.2) is 0 Å². The molecule has 0 radical (unpaired) electrons. The molecule has 1 heteroatoms. The monoisotopic (exact) mass is 166 g/mol. The summed E-state index contributed by atoms with van der Waals surface area (Å²) in [5.74, 6) is 1.67. The van der Waals surface area contributed by atoms with E-state index in [1.165, 1.54) is 5.57 Å². The normalized spacial score (nSPS) is 36.6. The molecule has 2 unspecified atom stereocenters. The van der Waals surface area contributed by atoms with E-state index in [1.54, 1.807) is 0 Å². The SMILES string of the molecule is C=C(C)C1CC(=O)C(C)[C@@H](C)C1. The summed E-state index contributed by atoms with van der Waals surface area (Å²) in [4.78, 5) is 11.5. The highest BCUT2D eigenvalue weighted by atomic mass is 16.1. The van der Waals surface area contributed by atoms with Gasteiger partial charge in [-0.05, 0) is 25.2 Å². The van der Waals surface area contributed by atoms with Crippen LogP contribution in [0.25, 0.3) is 0 Å². The second-order valence-corrected chi connectivity index (χ2v) is 4.22. The minimum atomic E-state index is 0.264. The first-order valence-corrected chi connectivity index (χ1v) is 4.70. The Balaban J connectivity index is 2.66. The Morgan fingerprint density at radius 2 is 2.08 bits per heavy atom. The van der Waals surface area contributed by atoms with Crippen molar-refractivity contribution in [3.05, 3.63) is 12.2 Å². The van der Waals surface area contributed by atoms with Gasteiger partial charge in [0.25, 0.3) is 0 Å². The number of hydrogen-bond acceptors (Lipinski definition) is 1. The van der Waals surface area contributed by atoms with Gasteiger partial charge in [0.05, 0.1) is 0 Å². The number of rotatable bonds is 1. The average molecular weight is 166 g/mol. The van der Waals surface area contributed by atoms with E-state index >= 15 is 0 Å². The van der Waals surface area contributed by atoms with Gasteiger partial charge >= 0.3 is 0 Å². The fourth-order valence-corrected chi connectivity index (χ4v) is 1.86. The molecule has 0 aliphatic heterocycles. The molecular formula is C11H18O. The summed E-state index contributed by atoms with van der Waals surface area (Å²) >= 11 is 0. The van der Waals surface area contributed by atoms with Crippen LogP contribution in [0.1, 0.15) is 33.6 Å². The van der Waals surface area contributed by atoms with Crippen molar-refractivity contribution >= 4 is 5.78 Å². The summed E-state index contributed by atoms with van der Waals surface area (Å²) in [6, 6.07) is 0. The lowest BCUT2D eigenvalue weighted by Gasteiger charge is -2.31. The van der Waals surface area contributed by atoms with E-state index in [4.69, 9.17) is 0 Å². The molecule has 1 nitrogen and oxygen atoms in total. The van der Waals surface area contributed by atoms with E-state index in [-0.39, 0.29) is 5.92 Å². The molecule has 68 valence electrons. The van der Waals surface area contributed by atoms with E-state index in [2.05, 4.69) is 13.5 Å². The van der Waals surface area contributed by atoms with Crippen LogP contribution in [0.15, 0.2) is 12.2 Å². The molecule has 0 N–H and O–H groups in total. The highest BCUT2D eigenvalue weighted by molar-refractivity contribution is 5.82. The van der Waals surface area contributed by atoms with Gasteiger partial charge < -0.3 is 0 Å². The Labute approximate surface area is 74.9 Å². The van der Waals surface area contributed by atoms with Gasteiger partial charge in [-0.3, -0.25) is 4.79 Å². The Morgan fingerprint density at radius 3 is 2.50 bits per heavy atom. The minimum absolute atomic E-state index is 0.264. The first-order chi connectivity index (χ1) is 5.52. The molecule has 0 spiro atoms. The second kappa shape index (κ2) is 3.42. The van der Waals surface area contributed by atoms with Gasteiger partial charge in [0.1, 0.15) is 5.78 Å². The van der Waals surface area contributed by atoms with Crippen LogP contribution in [0.5, 0.6) is 0 Å². The quantitative estimate of drug-likeness (QED) is 0.547. The molecule has 12 heavy (non-hydrogen) atoms. The molecule has 0 aromatic rings. The van der Waals surface area contributed by atoms with Crippen LogP contribution in [0.4, 0.5) is 0 Å². The van der Waals surface area contributed by atoms with Crippen LogP contribution >= 0.6 is 0 Å². The van der Waals surface area contributed by atoms with Crippen molar-refractivity contribution in [1.29, 1.82) is 0 Å². The highest BCUT2D eigenvalue weighted by Crippen LogP contribution is 2.33. The third-order valence-electron chi connectivity index (χ3n) is 3.16. The van der Waals surface area contributed by atoms with Crippen LogP contribution < -0.4 is 0 Å². The summed E-state index contributed by atoms with van der Waals surface area (Å²) in [5.41, 5.74) is 1.17. The van der Waals surface area contributed by atoms with Crippen molar-refractivity contribution in [2.24, 2.45) is 17.8 Å². The summed E-state index contributed by atoms with van der Waals surface area (Å²) in [7, 11) is 0. The zero-order chi connectivity index (χ0) is 9.30. The summed E-state index contributed by atoms with van der Waals surface area (Å²) in [5, 5.41) is 0. The van der Waals surface area contributed by atoms with Gasteiger partial charge in [0.15, 0.2) is 0 Å². The van der Waals surface area contributed by atoms with Crippen LogP contribution in [0, 0.1) is 17.8 Å². The third-order valence-corrected chi connectivity index (χ3v) is 3.16. The van der Waals surface area contributed by atoms with E-state index in [0.717, 1.165) is 12.8 Å². The molecule has 1 aliphatic rings. The predicted octanol–water partition coefficient (Wildman–Crippen LogP) is 2.81. The molecule has 0 saturated heterocycles. The van der Waals surface area contributed by atoms with E-state index in [9.17, 15) is 4.79 Å². The fourth-order valence-electron chi connectivity index (χ4n) is 1.86. The molecule has 0 aromatic carbocycles. The molecule has 0 heterocycles. The highest BCUT2D eigenvalue weighted by Gasteiger charge is 2.30. The molecule has 1 fully saturated rings. The van der Waals surface area contributed by atoms with Gasteiger partial charge in [-0.2, -0.15) is 0 Å². The average Bonchev–Trinajstić information content (AvgIpc) is 1.99. The molecule has 1 rings (SSSR count). The molecule has 1 saturated carbocycles. The van der Waals surface area contributed by atoms with Crippen molar-refractivity contribution in [1.82, 2.24) is 0 Å². The third kappa shape index (κ3) is 1.77. The van der Waals surface area contributed by atoms with Crippen molar-refractivity contribution in [2.75, 3.05) is 0 Å². The van der Waals surface area contributed by atoms with Crippen LogP contribution in [0.2, 0.25) is 0 Å². The van der Waals surface area contributed by atoms with Gasteiger partial charge in [0, 0.05) is 12.3 Å². The summed E-state index contributed by atoms with van der Waals surface area (Å²) in [6.45, 7) is 10.2. The largest absolute Gasteiger partial charge is 0.299 e. The maximum Gasteiger partial charge on any atom is 0.136 e. The molecule has 0 aromatic heterocycles. The lowest BCUT2D eigenvalue weighted by Crippen LogP contribution is -2.29. The zero-order valence-corrected chi connectivity index (χ0v) is 8.26. The first-order valence-electron chi connectivity index (χ1n) is 4.70. The van der Waals surface area contributed by atoms with Crippen molar-refractivity contribution in [2.45, 2.75) is 33.6 Å². The number of ketones is 1. The molecular weight excluding hydrogens is 148 g/mol. The topological polar surface area (TPSA) is 17.1 Å². The first kappa shape index (κ1) is 9.50. The van der Waals surface area contributed by atoms with Gasteiger partial charge in [-0.1, -0.05) is 26.0 Å². The standard InChI is InChI=1S/C11H18O/c1-7(2)10-5-8(3)9(4)11(12)6-10/h8-10H,1,5-6H2,2-4H3/t8-,9?,10?/m0/s1. The maximum atomic E-state index is 11.5. The Morgan fingerprint density at radius 1 is 1.50 bits per heavy atom. The van der Waals surface area contributed by atoms with E-state index in [1.807, 2.05) is 13.8 Å². The van der Waals surface area contributed by atoms with Crippen LogP contribution in [-0.4, -0.2) is 5.78 Å². The van der Waals surface area contributed by atoms with Gasteiger partial charge in [0.2, 0.25) is 0 Å². The fraction of sp³-hybridized carbons (Fsp3) is 0.727. The van der Waals surface area contributed by atoms with Crippen LogP contribution in [-0.2, 0) is 4.79 Å². The number of carbonyl (C=O) groups excluding carboxylic acids is 1. The van der Waals surface area contributed by atoms with Crippen LogP contribution in [0.3, 0.4) is 0 Å². The number of hydrogen-bond donors (Lipinski definition) is 0. The Hall–Kier alpha value is -0.590. The minimum Gasteiger partial charge on any atom is -0.299 e. The van der Waals surface area contributed by atoms with Crippen molar-refractivity contribution < 1.29 is 4.79 Å². The maximum absolute atomic E-state index is 11.5. The predicted molar refractivity (Wildman–Crippen MR) is 50.9 cm³/mol. The Kier molecular flexibility index (Phi) is 2.71. The second-order valence-electron chi connectivity index (χ2n) is 4.22. The van der Waals surface area contributed by atoms with E-state index < -0.39 is 0 Å². The molecule has 1 aliphatic carbocycles. The smallest absolute Gasteiger partial charge is 0.136 e.